The van der Waals surface area contributed by atoms with E-state index < -0.39 is 15.9 Å². The predicted molar refractivity (Wildman–Crippen MR) is 89.8 cm³/mol. The number of hydrogen-bond donors (Lipinski definition) is 2. The minimum atomic E-state index is -3.77. The van der Waals surface area contributed by atoms with Crippen LogP contribution in [0.15, 0.2) is 53.4 Å². The maximum atomic E-state index is 12.1. The summed E-state index contributed by atoms with van der Waals surface area (Å²) >= 11 is 0. The molecule has 0 radical (unpaired) electrons. The predicted octanol–water partition coefficient (Wildman–Crippen LogP) is 1.62. The van der Waals surface area contributed by atoms with Crippen molar-refractivity contribution in [3.63, 3.8) is 0 Å². The van der Waals surface area contributed by atoms with Crippen LogP contribution in [0, 0.1) is 0 Å². The van der Waals surface area contributed by atoms with Crippen LogP contribution in [0.25, 0.3) is 0 Å². The molecule has 0 heterocycles. The third-order valence-corrected chi connectivity index (χ3v) is 4.58. The fourth-order valence-electron chi connectivity index (χ4n) is 1.88. The molecule has 8 heteroatoms. The Labute approximate surface area is 140 Å². The van der Waals surface area contributed by atoms with Gasteiger partial charge in [-0.15, -0.1) is 0 Å². The van der Waals surface area contributed by atoms with E-state index >= 15 is 0 Å². The highest BCUT2D eigenvalue weighted by Crippen LogP contribution is 2.16. The molecule has 0 fully saturated rings. The molecule has 0 atom stereocenters. The third kappa shape index (κ3) is 4.71. The Morgan fingerprint density at radius 2 is 1.42 bits per heavy atom. The van der Waals surface area contributed by atoms with Gasteiger partial charge in [0, 0.05) is 5.69 Å². The number of rotatable bonds is 7. The van der Waals surface area contributed by atoms with E-state index in [1.165, 1.54) is 31.4 Å². The van der Waals surface area contributed by atoms with Crippen LogP contribution in [0.1, 0.15) is 0 Å². The first-order valence-corrected chi connectivity index (χ1v) is 8.50. The van der Waals surface area contributed by atoms with E-state index in [1.54, 1.807) is 31.4 Å². The molecular weight excluding hydrogens is 332 g/mol. The molecule has 0 spiro atoms. The van der Waals surface area contributed by atoms with E-state index in [-0.39, 0.29) is 11.4 Å². The van der Waals surface area contributed by atoms with Crippen molar-refractivity contribution in [3.05, 3.63) is 48.5 Å². The zero-order chi connectivity index (χ0) is 17.6. The van der Waals surface area contributed by atoms with Gasteiger partial charge in [-0.2, -0.15) is 0 Å². The van der Waals surface area contributed by atoms with Crippen LogP contribution in [0.3, 0.4) is 0 Å². The van der Waals surface area contributed by atoms with Crippen LogP contribution in [-0.2, 0) is 14.8 Å². The Hall–Kier alpha value is -2.58. The molecule has 0 saturated carbocycles. The second-order valence-corrected chi connectivity index (χ2v) is 6.54. The van der Waals surface area contributed by atoms with Gasteiger partial charge in [-0.05, 0) is 48.5 Å². The lowest BCUT2D eigenvalue weighted by Gasteiger charge is -2.09. The smallest absolute Gasteiger partial charge is 0.241 e. The summed E-state index contributed by atoms with van der Waals surface area (Å²) < 4.78 is 36.5. The molecule has 0 aliphatic heterocycles. The SMILES string of the molecule is COc1ccc(NC(=O)CNS(=O)(=O)c2ccc(OC)cc2)cc1. The first-order chi connectivity index (χ1) is 11.4. The average Bonchev–Trinajstić information content (AvgIpc) is 2.61. The van der Waals surface area contributed by atoms with Crippen LogP contribution in [0.4, 0.5) is 5.69 Å². The fourth-order valence-corrected chi connectivity index (χ4v) is 2.86. The molecule has 7 nitrogen and oxygen atoms in total. The van der Waals surface area contributed by atoms with Gasteiger partial charge in [0.25, 0.3) is 0 Å². The van der Waals surface area contributed by atoms with E-state index in [0.29, 0.717) is 17.2 Å². The number of carbonyl (C=O) groups excluding carboxylic acids is 1. The largest absolute Gasteiger partial charge is 0.497 e. The van der Waals surface area contributed by atoms with Gasteiger partial charge in [-0.25, -0.2) is 13.1 Å². The molecule has 1 amide bonds. The van der Waals surface area contributed by atoms with E-state index in [2.05, 4.69) is 10.0 Å². The van der Waals surface area contributed by atoms with Crippen molar-refractivity contribution in [2.75, 3.05) is 26.1 Å². The standard InChI is InChI=1S/C16H18N2O5S/c1-22-13-5-3-12(4-6-13)18-16(19)11-17-24(20,21)15-9-7-14(23-2)8-10-15/h3-10,17H,11H2,1-2H3,(H,18,19). The van der Waals surface area contributed by atoms with Gasteiger partial charge in [0.15, 0.2) is 0 Å². The molecule has 0 saturated heterocycles. The van der Waals surface area contributed by atoms with Gasteiger partial charge in [-0.1, -0.05) is 0 Å². The molecule has 0 unspecified atom stereocenters. The molecule has 2 N–H and O–H groups in total. The molecular formula is C16H18N2O5S. The number of hydrogen-bond acceptors (Lipinski definition) is 5. The monoisotopic (exact) mass is 350 g/mol. The van der Waals surface area contributed by atoms with Crippen molar-refractivity contribution in [1.82, 2.24) is 4.72 Å². The quantitative estimate of drug-likeness (QED) is 0.791. The van der Waals surface area contributed by atoms with Gasteiger partial charge in [-0.3, -0.25) is 4.79 Å². The molecule has 0 aliphatic carbocycles. The Morgan fingerprint density at radius 1 is 0.917 bits per heavy atom. The number of benzene rings is 2. The maximum absolute atomic E-state index is 12.1. The molecule has 2 rings (SSSR count). The van der Waals surface area contributed by atoms with E-state index in [4.69, 9.17) is 9.47 Å². The number of carbonyl (C=O) groups is 1. The average molecular weight is 350 g/mol. The van der Waals surface area contributed by atoms with Crippen LogP contribution in [0.2, 0.25) is 0 Å². The molecule has 0 aliphatic rings. The normalized spacial score (nSPS) is 10.9. The van der Waals surface area contributed by atoms with Gasteiger partial charge in [0.2, 0.25) is 15.9 Å². The second-order valence-electron chi connectivity index (χ2n) is 4.78. The van der Waals surface area contributed by atoms with Crippen molar-refractivity contribution in [1.29, 1.82) is 0 Å². The van der Waals surface area contributed by atoms with Gasteiger partial charge in [0.05, 0.1) is 25.7 Å². The van der Waals surface area contributed by atoms with Gasteiger partial charge < -0.3 is 14.8 Å². The molecule has 2 aromatic rings. The Kier molecular flexibility index (Phi) is 5.78. The number of sulfonamides is 1. The third-order valence-electron chi connectivity index (χ3n) is 3.17. The molecule has 24 heavy (non-hydrogen) atoms. The van der Waals surface area contributed by atoms with Crippen LogP contribution < -0.4 is 19.5 Å². The summed E-state index contributed by atoms with van der Waals surface area (Å²) in [5.41, 5.74) is 0.546. The van der Waals surface area contributed by atoms with Gasteiger partial charge in [0.1, 0.15) is 11.5 Å². The summed E-state index contributed by atoms with van der Waals surface area (Å²) in [5, 5.41) is 2.59. The minimum absolute atomic E-state index is 0.0561. The fraction of sp³-hybridized carbons (Fsp3) is 0.188. The van der Waals surface area contributed by atoms with Crippen molar-refractivity contribution < 1.29 is 22.7 Å². The number of ether oxygens (including phenoxy) is 2. The Balaban J connectivity index is 1.93. The topological polar surface area (TPSA) is 93.7 Å². The van der Waals surface area contributed by atoms with Crippen molar-refractivity contribution in [3.8, 4) is 11.5 Å². The lowest BCUT2D eigenvalue weighted by Crippen LogP contribution is -2.32. The van der Waals surface area contributed by atoms with Crippen LogP contribution in [0.5, 0.6) is 11.5 Å². The summed E-state index contributed by atoms with van der Waals surface area (Å²) in [6, 6.07) is 12.6. The molecule has 2 aromatic carbocycles. The summed E-state index contributed by atoms with van der Waals surface area (Å²) in [5.74, 6) is 0.733. The lowest BCUT2D eigenvalue weighted by atomic mass is 10.3. The van der Waals surface area contributed by atoms with Crippen LogP contribution >= 0.6 is 0 Å². The zero-order valence-electron chi connectivity index (χ0n) is 13.3. The van der Waals surface area contributed by atoms with E-state index in [9.17, 15) is 13.2 Å². The summed E-state index contributed by atoms with van der Waals surface area (Å²) in [6.07, 6.45) is 0. The van der Waals surface area contributed by atoms with Crippen molar-refractivity contribution in [2.45, 2.75) is 4.90 Å². The summed E-state index contributed by atoms with van der Waals surface area (Å²) in [4.78, 5) is 11.9. The first-order valence-electron chi connectivity index (χ1n) is 7.02. The van der Waals surface area contributed by atoms with Crippen LogP contribution in [-0.4, -0.2) is 35.1 Å². The number of anilines is 1. The summed E-state index contributed by atoms with van der Waals surface area (Å²) in [6.45, 7) is -0.375. The Bertz CT molecular complexity index is 786. The van der Waals surface area contributed by atoms with E-state index in [0.717, 1.165) is 0 Å². The Morgan fingerprint density at radius 3 is 1.92 bits per heavy atom. The molecule has 128 valence electrons. The highest BCUT2D eigenvalue weighted by atomic mass is 32.2. The molecule has 0 bridgehead atoms. The highest BCUT2D eigenvalue weighted by molar-refractivity contribution is 7.89. The number of methoxy groups -OCH3 is 2. The first kappa shape index (κ1) is 17.8. The van der Waals surface area contributed by atoms with E-state index in [1.807, 2.05) is 0 Å². The number of nitrogens with one attached hydrogen (secondary N) is 2. The summed E-state index contributed by atoms with van der Waals surface area (Å²) in [7, 11) is -0.735. The van der Waals surface area contributed by atoms with Gasteiger partial charge >= 0.3 is 0 Å². The highest BCUT2D eigenvalue weighted by Gasteiger charge is 2.15. The minimum Gasteiger partial charge on any atom is -0.497 e. The second kappa shape index (κ2) is 7.80. The maximum Gasteiger partial charge on any atom is 0.241 e. The van der Waals surface area contributed by atoms with Crippen molar-refractivity contribution >= 4 is 21.6 Å². The molecule has 0 aromatic heterocycles. The van der Waals surface area contributed by atoms with Crippen molar-refractivity contribution in [2.24, 2.45) is 0 Å². The number of amides is 1. The zero-order valence-corrected chi connectivity index (χ0v) is 14.1. The lowest BCUT2D eigenvalue weighted by molar-refractivity contribution is -0.115.